The van der Waals surface area contributed by atoms with Crippen molar-refractivity contribution in [3.63, 3.8) is 0 Å². The Morgan fingerprint density at radius 3 is 2.60 bits per heavy atom. The van der Waals surface area contributed by atoms with Gasteiger partial charge in [0.2, 0.25) is 5.88 Å². The van der Waals surface area contributed by atoms with Crippen LogP contribution in [0.4, 0.5) is 4.39 Å². The summed E-state index contributed by atoms with van der Waals surface area (Å²) in [4.78, 5) is 11.3. The second-order valence-corrected chi connectivity index (χ2v) is 6.87. The first-order valence-corrected chi connectivity index (χ1v) is 10.2. The SMILES string of the molecule is CCNC(=NCc1ccnc(Oc2ccc(F)cc2)c1)N1CCC(OCC)CC1.I. The van der Waals surface area contributed by atoms with E-state index in [0.717, 1.165) is 50.6 Å². The van der Waals surface area contributed by atoms with E-state index in [1.807, 2.05) is 19.1 Å². The number of aromatic nitrogens is 1. The maximum absolute atomic E-state index is 13.0. The molecule has 0 bridgehead atoms. The van der Waals surface area contributed by atoms with Crippen molar-refractivity contribution in [2.75, 3.05) is 26.2 Å². The summed E-state index contributed by atoms with van der Waals surface area (Å²) in [5.74, 6) is 1.63. The van der Waals surface area contributed by atoms with Crippen molar-refractivity contribution < 1.29 is 13.9 Å². The lowest BCUT2D eigenvalue weighted by Gasteiger charge is -2.34. The zero-order valence-corrected chi connectivity index (χ0v) is 19.8. The highest BCUT2D eigenvalue weighted by atomic mass is 127. The smallest absolute Gasteiger partial charge is 0.219 e. The number of benzene rings is 1. The summed E-state index contributed by atoms with van der Waals surface area (Å²) >= 11 is 0. The Hall–Kier alpha value is -1.94. The van der Waals surface area contributed by atoms with E-state index in [1.165, 1.54) is 12.1 Å². The van der Waals surface area contributed by atoms with E-state index in [0.29, 0.717) is 24.3 Å². The first-order valence-electron chi connectivity index (χ1n) is 10.2. The molecule has 0 spiro atoms. The quantitative estimate of drug-likeness (QED) is 0.324. The van der Waals surface area contributed by atoms with Crippen LogP contribution in [0, 0.1) is 5.82 Å². The van der Waals surface area contributed by atoms with E-state index < -0.39 is 0 Å². The molecule has 1 saturated heterocycles. The van der Waals surface area contributed by atoms with Crippen molar-refractivity contribution in [2.24, 2.45) is 4.99 Å². The van der Waals surface area contributed by atoms with Crippen LogP contribution in [-0.2, 0) is 11.3 Å². The van der Waals surface area contributed by atoms with Gasteiger partial charge in [-0.05, 0) is 62.6 Å². The van der Waals surface area contributed by atoms with Crippen LogP contribution in [-0.4, -0.2) is 48.2 Å². The molecule has 2 heterocycles. The third-order valence-electron chi connectivity index (χ3n) is 4.73. The van der Waals surface area contributed by atoms with Crippen molar-refractivity contribution in [1.82, 2.24) is 15.2 Å². The van der Waals surface area contributed by atoms with E-state index >= 15 is 0 Å². The first kappa shape index (κ1) is 24.3. The monoisotopic (exact) mass is 528 g/mol. The van der Waals surface area contributed by atoms with Gasteiger partial charge in [-0.3, -0.25) is 0 Å². The van der Waals surface area contributed by atoms with Crippen LogP contribution in [0.2, 0.25) is 0 Å². The zero-order chi connectivity index (χ0) is 20.5. The Bertz CT molecular complexity index is 796. The number of piperidine rings is 1. The van der Waals surface area contributed by atoms with Gasteiger partial charge in [0.1, 0.15) is 11.6 Å². The lowest BCUT2D eigenvalue weighted by atomic mass is 10.1. The van der Waals surface area contributed by atoms with Gasteiger partial charge in [0.15, 0.2) is 5.96 Å². The van der Waals surface area contributed by atoms with Crippen molar-refractivity contribution in [3.8, 4) is 11.6 Å². The van der Waals surface area contributed by atoms with Crippen LogP contribution in [0.5, 0.6) is 11.6 Å². The van der Waals surface area contributed by atoms with Crippen molar-refractivity contribution in [2.45, 2.75) is 39.3 Å². The number of nitrogens with zero attached hydrogens (tertiary/aromatic N) is 3. The average Bonchev–Trinajstić information content (AvgIpc) is 2.74. The van der Waals surface area contributed by atoms with Crippen molar-refractivity contribution >= 4 is 29.9 Å². The van der Waals surface area contributed by atoms with E-state index in [9.17, 15) is 4.39 Å². The van der Waals surface area contributed by atoms with E-state index in [4.69, 9.17) is 14.5 Å². The largest absolute Gasteiger partial charge is 0.439 e. The molecule has 6 nitrogen and oxygen atoms in total. The van der Waals surface area contributed by atoms with Gasteiger partial charge < -0.3 is 19.7 Å². The highest BCUT2D eigenvalue weighted by Crippen LogP contribution is 2.21. The first-order chi connectivity index (χ1) is 14.2. The van der Waals surface area contributed by atoms with Gasteiger partial charge in [-0.1, -0.05) is 0 Å². The van der Waals surface area contributed by atoms with Gasteiger partial charge in [-0.2, -0.15) is 0 Å². The Balaban J connectivity index is 0.00000320. The van der Waals surface area contributed by atoms with Crippen LogP contribution in [0.1, 0.15) is 32.3 Å². The number of halogens is 2. The molecule has 1 aliphatic rings. The zero-order valence-electron chi connectivity index (χ0n) is 17.5. The normalized spacial score (nSPS) is 14.9. The standard InChI is InChI=1S/C22H29FN4O2.HI/c1-3-24-22(27-13-10-19(11-14-27)28-4-2)26-16-17-9-12-25-21(15-17)29-20-7-5-18(23)6-8-20;/h5-9,12,15,19H,3-4,10-11,13-14,16H2,1-2H3,(H,24,26);1H. The van der Waals surface area contributed by atoms with Crippen LogP contribution in [0.3, 0.4) is 0 Å². The molecule has 1 aromatic carbocycles. The topological polar surface area (TPSA) is 59.0 Å². The Morgan fingerprint density at radius 2 is 1.93 bits per heavy atom. The highest BCUT2D eigenvalue weighted by molar-refractivity contribution is 14.0. The molecule has 0 radical (unpaired) electrons. The van der Waals surface area contributed by atoms with Crippen molar-refractivity contribution in [3.05, 3.63) is 54.0 Å². The van der Waals surface area contributed by atoms with Gasteiger partial charge in [0.25, 0.3) is 0 Å². The molecule has 1 N–H and O–H groups in total. The summed E-state index contributed by atoms with van der Waals surface area (Å²) in [5, 5.41) is 3.38. The number of guanidine groups is 1. The molecule has 1 fully saturated rings. The fourth-order valence-electron chi connectivity index (χ4n) is 3.29. The fourth-order valence-corrected chi connectivity index (χ4v) is 3.29. The third kappa shape index (κ3) is 7.39. The summed E-state index contributed by atoms with van der Waals surface area (Å²) in [7, 11) is 0. The second-order valence-electron chi connectivity index (χ2n) is 6.87. The lowest BCUT2D eigenvalue weighted by molar-refractivity contribution is 0.0263. The minimum atomic E-state index is -0.297. The van der Waals surface area contributed by atoms with Gasteiger partial charge >= 0.3 is 0 Å². The van der Waals surface area contributed by atoms with Crippen molar-refractivity contribution in [1.29, 1.82) is 0 Å². The number of aliphatic imine (C=N–C) groups is 1. The maximum atomic E-state index is 13.0. The highest BCUT2D eigenvalue weighted by Gasteiger charge is 2.21. The molecular weight excluding hydrogens is 498 g/mol. The number of hydrogen-bond donors (Lipinski definition) is 1. The van der Waals surface area contributed by atoms with Crippen LogP contribution >= 0.6 is 24.0 Å². The summed E-state index contributed by atoms with van der Waals surface area (Å²) in [6, 6.07) is 9.67. The number of nitrogens with one attached hydrogen (secondary N) is 1. The maximum Gasteiger partial charge on any atom is 0.219 e. The van der Waals surface area contributed by atoms with Gasteiger partial charge in [0.05, 0.1) is 12.6 Å². The number of hydrogen-bond acceptors (Lipinski definition) is 4. The molecular formula is C22H30FIN4O2. The van der Waals surface area contributed by atoms with E-state index in [1.54, 1.807) is 18.3 Å². The number of likely N-dealkylation sites (tertiary alicyclic amines) is 1. The Labute approximate surface area is 194 Å². The van der Waals surface area contributed by atoms with Gasteiger partial charge in [0, 0.05) is 38.5 Å². The number of pyridine rings is 1. The van der Waals surface area contributed by atoms with Gasteiger partial charge in [-0.15, -0.1) is 24.0 Å². The summed E-state index contributed by atoms with van der Waals surface area (Å²) < 4.78 is 24.5. The molecule has 0 saturated carbocycles. The number of rotatable bonds is 7. The minimum absolute atomic E-state index is 0. The van der Waals surface area contributed by atoms with Crippen LogP contribution in [0.25, 0.3) is 0 Å². The molecule has 30 heavy (non-hydrogen) atoms. The molecule has 2 aromatic rings. The molecule has 164 valence electrons. The molecule has 1 aromatic heterocycles. The number of ether oxygens (including phenoxy) is 2. The molecule has 0 unspecified atom stereocenters. The minimum Gasteiger partial charge on any atom is -0.439 e. The van der Waals surface area contributed by atoms with E-state index in [2.05, 4.69) is 22.1 Å². The molecule has 8 heteroatoms. The molecule has 0 aliphatic carbocycles. The second kappa shape index (κ2) is 12.7. The van der Waals surface area contributed by atoms with Crippen LogP contribution < -0.4 is 10.1 Å². The third-order valence-corrected chi connectivity index (χ3v) is 4.73. The summed E-state index contributed by atoms with van der Waals surface area (Å²) in [6.45, 7) is 8.10. The predicted octanol–water partition coefficient (Wildman–Crippen LogP) is 4.60. The Morgan fingerprint density at radius 1 is 1.20 bits per heavy atom. The summed E-state index contributed by atoms with van der Waals surface area (Å²) in [5.41, 5.74) is 0.997. The molecule has 0 atom stereocenters. The van der Waals surface area contributed by atoms with Gasteiger partial charge in [-0.25, -0.2) is 14.4 Å². The predicted molar refractivity (Wildman–Crippen MR) is 127 cm³/mol. The lowest BCUT2D eigenvalue weighted by Crippen LogP contribution is -2.47. The summed E-state index contributed by atoms with van der Waals surface area (Å²) in [6.07, 6.45) is 4.08. The van der Waals surface area contributed by atoms with Crippen LogP contribution in [0.15, 0.2) is 47.6 Å². The molecule has 1 aliphatic heterocycles. The average molecular weight is 528 g/mol. The molecule has 3 rings (SSSR count). The Kier molecular flexibility index (Phi) is 10.3. The molecule has 0 amide bonds. The fraction of sp³-hybridized carbons (Fsp3) is 0.455. The van der Waals surface area contributed by atoms with E-state index in [-0.39, 0.29) is 29.8 Å².